The first kappa shape index (κ1) is 15.8. The second kappa shape index (κ2) is 6.44. The molecule has 1 heterocycles. The fraction of sp³-hybridized carbons (Fsp3) is 0.500. The molecule has 6 nitrogen and oxygen atoms in total. The molecule has 0 radical (unpaired) electrons. The highest BCUT2D eigenvalue weighted by Crippen LogP contribution is 2.26. The van der Waals surface area contributed by atoms with Crippen LogP contribution in [0.2, 0.25) is 0 Å². The van der Waals surface area contributed by atoms with Gasteiger partial charge in [-0.2, -0.15) is 0 Å². The van der Waals surface area contributed by atoms with Crippen LogP contribution in [0, 0.1) is 5.92 Å². The Labute approximate surface area is 123 Å². The molecule has 2 rings (SSSR count). The van der Waals surface area contributed by atoms with Crippen molar-refractivity contribution in [2.75, 3.05) is 33.2 Å². The van der Waals surface area contributed by atoms with Crippen LogP contribution in [0.25, 0.3) is 0 Å². The van der Waals surface area contributed by atoms with E-state index in [1.165, 1.54) is 32.4 Å². The van der Waals surface area contributed by atoms with Crippen LogP contribution in [0.3, 0.4) is 0 Å². The fourth-order valence-corrected chi connectivity index (χ4v) is 3.92. The van der Waals surface area contributed by atoms with Crippen LogP contribution in [-0.4, -0.2) is 47.6 Å². The standard InChI is InChI=1S/C14H18O6S/c1-18-13-4-3-11(7-12(13)14(15)19-2)21(16,17)9-10-5-6-20-8-10/h3-4,7,10H,5-6,8-9H2,1-2H3/t10-/m0/s1. The molecule has 1 saturated heterocycles. The highest BCUT2D eigenvalue weighted by atomic mass is 32.2. The van der Waals surface area contributed by atoms with Crippen molar-refractivity contribution in [1.82, 2.24) is 0 Å². The van der Waals surface area contributed by atoms with Gasteiger partial charge in [-0.15, -0.1) is 0 Å². The lowest BCUT2D eigenvalue weighted by Gasteiger charge is -2.12. The fourth-order valence-electron chi connectivity index (χ4n) is 2.27. The molecule has 1 aromatic carbocycles. The molecule has 21 heavy (non-hydrogen) atoms. The molecule has 0 bridgehead atoms. The predicted molar refractivity (Wildman–Crippen MR) is 75.3 cm³/mol. The van der Waals surface area contributed by atoms with Gasteiger partial charge in [0, 0.05) is 6.61 Å². The quantitative estimate of drug-likeness (QED) is 0.762. The molecule has 0 amide bonds. The first-order valence-electron chi connectivity index (χ1n) is 6.55. The van der Waals surface area contributed by atoms with Gasteiger partial charge in [0.25, 0.3) is 0 Å². The lowest BCUT2D eigenvalue weighted by molar-refractivity contribution is 0.0597. The molecule has 116 valence electrons. The minimum atomic E-state index is -3.48. The summed E-state index contributed by atoms with van der Waals surface area (Å²) in [5.41, 5.74) is 0.101. The first-order valence-corrected chi connectivity index (χ1v) is 8.20. The molecule has 1 aliphatic rings. The van der Waals surface area contributed by atoms with Crippen molar-refractivity contribution in [2.45, 2.75) is 11.3 Å². The number of esters is 1. The number of sulfone groups is 1. The lowest BCUT2D eigenvalue weighted by atomic mass is 10.2. The Morgan fingerprint density at radius 3 is 2.71 bits per heavy atom. The van der Waals surface area contributed by atoms with Gasteiger partial charge in [0.05, 0.1) is 31.5 Å². The molecule has 0 N–H and O–H groups in total. The number of methoxy groups -OCH3 is 2. The number of carbonyl (C=O) groups is 1. The summed E-state index contributed by atoms with van der Waals surface area (Å²) in [7, 11) is -0.833. The van der Waals surface area contributed by atoms with Crippen LogP contribution in [0.5, 0.6) is 5.75 Å². The molecule has 0 unspecified atom stereocenters. The van der Waals surface area contributed by atoms with Crippen molar-refractivity contribution in [3.63, 3.8) is 0 Å². The minimum absolute atomic E-state index is 0.00122. The van der Waals surface area contributed by atoms with Crippen LogP contribution in [-0.2, 0) is 19.3 Å². The number of hydrogen-bond acceptors (Lipinski definition) is 6. The molecule has 1 aliphatic heterocycles. The number of carbonyl (C=O) groups excluding carboxylic acids is 1. The van der Waals surface area contributed by atoms with Gasteiger partial charge in [0.1, 0.15) is 11.3 Å². The van der Waals surface area contributed by atoms with Crippen molar-refractivity contribution in [2.24, 2.45) is 5.92 Å². The Bertz CT molecular complexity index is 616. The summed E-state index contributed by atoms with van der Waals surface area (Å²) in [6.45, 7) is 1.05. The maximum Gasteiger partial charge on any atom is 0.341 e. The van der Waals surface area contributed by atoms with Crippen LogP contribution in [0.4, 0.5) is 0 Å². The van der Waals surface area contributed by atoms with E-state index in [-0.39, 0.29) is 27.9 Å². The Hall–Kier alpha value is -1.60. The Balaban J connectivity index is 2.32. The largest absolute Gasteiger partial charge is 0.496 e. The van der Waals surface area contributed by atoms with Gasteiger partial charge < -0.3 is 14.2 Å². The summed E-state index contributed by atoms with van der Waals surface area (Å²) >= 11 is 0. The molecule has 1 fully saturated rings. The maximum absolute atomic E-state index is 12.4. The molecule has 0 saturated carbocycles. The summed E-state index contributed by atoms with van der Waals surface area (Å²) in [5, 5.41) is 0. The third-order valence-corrected chi connectivity index (χ3v) is 5.30. The Morgan fingerprint density at radius 2 is 2.14 bits per heavy atom. The zero-order chi connectivity index (χ0) is 15.5. The molecule has 1 aromatic rings. The number of rotatable bonds is 5. The zero-order valence-corrected chi connectivity index (χ0v) is 12.8. The zero-order valence-electron chi connectivity index (χ0n) is 12.0. The molecular weight excluding hydrogens is 296 g/mol. The van der Waals surface area contributed by atoms with Crippen molar-refractivity contribution >= 4 is 15.8 Å². The Kier molecular flexibility index (Phi) is 4.84. The van der Waals surface area contributed by atoms with Crippen molar-refractivity contribution in [1.29, 1.82) is 0 Å². The van der Waals surface area contributed by atoms with Crippen LogP contribution < -0.4 is 4.74 Å². The third kappa shape index (κ3) is 3.54. The molecule has 7 heteroatoms. The summed E-state index contributed by atoms with van der Waals surface area (Å²) in [4.78, 5) is 11.8. The van der Waals surface area contributed by atoms with Crippen molar-refractivity contribution in [3.05, 3.63) is 23.8 Å². The van der Waals surface area contributed by atoms with E-state index in [9.17, 15) is 13.2 Å². The molecule has 0 spiro atoms. The van der Waals surface area contributed by atoms with Crippen LogP contribution in [0.1, 0.15) is 16.8 Å². The SMILES string of the molecule is COC(=O)c1cc(S(=O)(=O)C[C@H]2CCOC2)ccc1OC. The summed E-state index contributed by atoms with van der Waals surface area (Å²) < 4.78 is 39.7. The first-order chi connectivity index (χ1) is 9.97. The second-order valence-corrected chi connectivity index (χ2v) is 6.90. The van der Waals surface area contributed by atoms with Gasteiger partial charge in [-0.3, -0.25) is 0 Å². The monoisotopic (exact) mass is 314 g/mol. The van der Waals surface area contributed by atoms with Gasteiger partial charge in [-0.05, 0) is 30.5 Å². The summed E-state index contributed by atoms with van der Waals surface area (Å²) in [6, 6.07) is 4.20. The van der Waals surface area contributed by atoms with Gasteiger partial charge >= 0.3 is 5.97 Å². The number of hydrogen-bond donors (Lipinski definition) is 0. The van der Waals surface area contributed by atoms with E-state index in [4.69, 9.17) is 9.47 Å². The van der Waals surface area contributed by atoms with E-state index in [0.717, 1.165) is 6.42 Å². The number of benzene rings is 1. The second-order valence-electron chi connectivity index (χ2n) is 4.86. The lowest BCUT2D eigenvalue weighted by Crippen LogP contribution is -2.17. The summed E-state index contributed by atoms with van der Waals surface area (Å²) in [6.07, 6.45) is 0.735. The summed E-state index contributed by atoms with van der Waals surface area (Å²) in [5.74, 6) is -0.336. The predicted octanol–water partition coefficient (Wildman–Crippen LogP) is 1.29. The van der Waals surface area contributed by atoms with E-state index < -0.39 is 15.8 Å². The van der Waals surface area contributed by atoms with E-state index in [2.05, 4.69) is 4.74 Å². The van der Waals surface area contributed by atoms with E-state index in [0.29, 0.717) is 13.2 Å². The van der Waals surface area contributed by atoms with Gasteiger partial charge in [0.15, 0.2) is 9.84 Å². The van der Waals surface area contributed by atoms with Gasteiger partial charge in [-0.1, -0.05) is 0 Å². The molecule has 1 atom stereocenters. The minimum Gasteiger partial charge on any atom is -0.496 e. The molecular formula is C14H18O6S. The van der Waals surface area contributed by atoms with Gasteiger partial charge in [-0.25, -0.2) is 13.2 Å². The van der Waals surface area contributed by atoms with Crippen molar-refractivity contribution < 1.29 is 27.4 Å². The average Bonchev–Trinajstić information content (AvgIpc) is 2.97. The van der Waals surface area contributed by atoms with E-state index in [1.54, 1.807) is 0 Å². The maximum atomic E-state index is 12.4. The third-order valence-electron chi connectivity index (χ3n) is 3.41. The molecule has 0 aromatic heterocycles. The molecule has 0 aliphatic carbocycles. The highest BCUT2D eigenvalue weighted by Gasteiger charge is 2.26. The van der Waals surface area contributed by atoms with E-state index in [1.807, 2.05) is 0 Å². The Morgan fingerprint density at radius 1 is 1.38 bits per heavy atom. The number of ether oxygens (including phenoxy) is 3. The topological polar surface area (TPSA) is 78.9 Å². The average molecular weight is 314 g/mol. The van der Waals surface area contributed by atoms with Gasteiger partial charge in [0.2, 0.25) is 0 Å². The van der Waals surface area contributed by atoms with Crippen LogP contribution in [0.15, 0.2) is 23.1 Å². The smallest absolute Gasteiger partial charge is 0.341 e. The normalized spacial score (nSPS) is 18.5. The van der Waals surface area contributed by atoms with Crippen molar-refractivity contribution in [3.8, 4) is 5.75 Å². The van der Waals surface area contributed by atoms with Crippen LogP contribution >= 0.6 is 0 Å². The highest BCUT2D eigenvalue weighted by molar-refractivity contribution is 7.91. The van der Waals surface area contributed by atoms with E-state index >= 15 is 0 Å².